The van der Waals surface area contributed by atoms with E-state index in [0.29, 0.717) is 36.0 Å². The molecule has 1 aromatic heterocycles. The van der Waals surface area contributed by atoms with Gasteiger partial charge in [0.15, 0.2) is 5.03 Å². The predicted octanol–water partition coefficient (Wildman–Crippen LogP) is 4.30. The maximum Gasteiger partial charge on any atom is 0.421 e. The second kappa shape index (κ2) is 10.9. The summed E-state index contributed by atoms with van der Waals surface area (Å²) in [6.07, 6.45) is 11.9. The first-order valence-electron chi connectivity index (χ1n) is 14.8. The second-order valence-electron chi connectivity index (χ2n) is 13.1. The number of carbonyl (C=O) groups is 1. The molecule has 9 nitrogen and oxygen atoms in total. The summed E-state index contributed by atoms with van der Waals surface area (Å²) in [7, 11) is -4.11. The number of nitrogens with one attached hydrogen (secondary N) is 1. The molecule has 4 fully saturated rings. The van der Waals surface area contributed by atoms with Gasteiger partial charge in [-0.3, -0.25) is 4.98 Å². The third-order valence-corrected chi connectivity index (χ3v) is 12.7. The summed E-state index contributed by atoms with van der Waals surface area (Å²) < 4.78 is 31.6. The van der Waals surface area contributed by atoms with E-state index >= 15 is 0 Å². The molecular weight excluding hydrogens is 518 g/mol. The van der Waals surface area contributed by atoms with Crippen molar-refractivity contribution >= 4 is 16.1 Å². The Morgan fingerprint density at radius 3 is 2.54 bits per heavy atom. The second-order valence-corrected chi connectivity index (χ2v) is 14.8. The van der Waals surface area contributed by atoms with Gasteiger partial charge in [-0.1, -0.05) is 27.2 Å². The summed E-state index contributed by atoms with van der Waals surface area (Å²) in [6.45, 7) is 7.22. The van der Waals surface area contributed by atoms with Crippen molar-refractivity contribution in [2.75, 3.05) is 6.61 Å². The number of amides is 1. The van der Waals surface area contributed by atoms with Gasteiger partial charge in [-0.25, -0.2) is 14.5 Å². The minimum atomic E-state index is -4.11. The van der Waals surface area contributed by atoms with Crippen molar-refractivity contribution < 1.29 is 28.2 Å². The third kappa shape index (κ3) is 5.10. The first kappa shape index (κ1) is 28.7. The van der Waals surface area contributed by atoms with E-state index in [1.165, 1.54) is 12.4 Å². The van der Waals surface area contributed by atoms with Crippen molar-refractivity contribution in [3.63, 3.8) is 0 Å². The fraction of sp³-hybridized carbons (Fsp3) is 0.828. The molecule has 10 heteroatoms. The van der Waals surface area contributed by atoms with E-state index in [9.17, 15) is 23.4 Å². The van der Waals surface area contributed by atoms with Gasteiger partial charge in [0, 0.05) is 12.4 Å². The summed E-state index contributed by atoms with van der Waals surface area (Å²) in [6, 6.07) is 0. The normalized spacial score (nSPS) is 41.7. The Balaban J connectivity index is 1.19. The number of aromatic nitrogens is 2. The first-order valence-corrected chi connectivity index (χ1v) is 16.3. The highest BCUT2D eigenvalue weighted by atomic mass is 32.2. The lowest BCUT2D eigenvalue weighted by Gasteiger charge is -2.64. The average molecular weight is 564 g/mol. The first-order chi connectivity index (χ1) is 18.5. The number of rotatable bonds is 7. The van der Waals surface area contributed by atoms with E-state index in [1.807, 2.05) is 4.72 Å². The minimum Gasteiger partial charge on any atom is -0.449 e. The highest BCUT2D eigenvalue weighted by Gasteiger charge is 2.64. The molecule has 218 valence electrons. The number of carbonyl (C=O) groups excluding carboxylic acids is 1. The molecule has 0 bridgehead atoms. The van der Waals surface area contributed by atoms with Crippen LogP contribution >= 0.6 is 0 Å². The number of hydrogen-bond acceptors (Lipinski definition) is 8. The fourth-order valence-electron chi connectivity index (χ4n) is 9.65. The molecule has 0 unspecified atom stereocenters. The van der Waals surface area contributed by atoms with Crippen LogP contribution in [0.25, 0.3) is 0 Å². The zero-order valence-electron chi connectivity index (χ0n) is 23.5. The van der Waals surface area contributed by atoms with Crippen LogP contribution in [0.1, 0.15) is 85.0 Å². The van der Waals surface area contributed by atoms with Crippen LogP contribution in [0.15, 0.2) is 23.6 Å². The van der Waals surface area contributed by atoms with E-state index in [4.69, 9.17) is 4.74 Å². The van der Waals surface area contributed by atoms with Crippen molar-refractivity contribution in [1.82, 2.24) is 14.7 Å². The zero-order valence-corrected chi connectivity index (χ0v) is 24.3. The standard InChI is InChI=1S/C29H45N3O6S/c1-4-20-23-16-19(33)9-11-29(23,3)22-10-12-28(2)18(7-8-21(28)25(22)26(20)34)6-5-15-38-27(35)32-39(36,37)24-17-30-13-14-31-24/h13-14,17-23,25-26,33-34H,4-12,15-16H2,1-3H3,(H,32,35)/t18-,19+,20+,21-,22-,23-,25-,26+,28+,29+/m0/s1. The number of ether oxygens (including phenoxy) is 1. The van der Waals surface area contributed by atoms with E-state index in [0.717, 1.165) is 64.0 Å². The SMILES string of the molecule is CC[C@H]1[C@@H](O)[C@@H]2[C@H](CC[C@]3(C)[C@@H](CCCOC(=O)NS(=O)(=O)c4cnccn4)CC[C@@H]23)[C@@]2(C)CC[C@@H](O)C[C@@H]12. The van der Waals surface area contributed by atoms with E-state index in [-0.39, 0.29) is 40.6 Å². The molecule has 0 saturated heterocycles. The molecule has 1 aromatic rings. The van der Waals surface area contributed by atoms with Crippen LogP contribution in [0.2, 0.25) is 0 Å². The van der Waals surface area contributed by atoms with Gasteiger partial charge in [0.05, 0.1) is 25.0 Å². The smallest absolute Gasteiger partial charge is 0.421 e. The van der Waals surface area contributed by atoms with Crippen LogP contribution in [-0.4, -0.2) is 53.5 Å². The van der Waals surface area contributed by atoms with Gasteiger partial charge < -0.3 is 14.9 Å². The molecule has 0 aliphatic heterocycles. The minimum absolute atomic E-state index is 0.147. The molecule has 0 aromatic carbocycles. The van der Waals surface area contributed by atoms with Gasteiger partial charge in [0.2, 0.25) is 0 Å². The number of aliphatic hydroxyl groups is 2. The van der Waals surface area contributed by atoms with Gasteiger partial charge in [0.1, 0.15) is 0 Å². The Morgan fingerprint density at radius 1 is 1.08 bits per heavy atom. The lowest BCUT2D eigenvalue weighted by molar-refractivity contribution is -0.202. The van der Waals surface area contributed by atoms with Crippen LogP contribution in [0.5, 0.6) is 0 Å². The molecule has 0 radical (unpaired) electrons. The Hall–Kier alpha value is -1.78. The lowest BCUT2D eigenvalue weighted by atomic mass is 9.41. The van der Waals surface area contributed by atoms with Crippen LogP contribution < -0.4 is 4.72 Å². The maximum atomic E-state index is 12.3. The Kier molecular flexibility index (Phi) is 8.03. The summed E-state index contributed by atoms with van der Waals surface area (Å²) in [4.78, 5) is 19.6. The van der Waals surface area contributed by atoms with E-state index in [2.05, 4.69) is 30.7 Å². The quantitative estimate of drug-likeness (QED) is 0.418. The maximum absolute atomic E-state index is 12.3. The Morgan fingerprint density at radius 2 is 1.82 bits per heavy atom. The highest BCUT2D eigenvalue weighted by molar-refractivity contribution is 7.90. The van der Waals surface area contributed by atoms with Crippen molar-refractivity contribution in [3.05, 3.63) is 18.6 Å². The van der Waals surface area contributed by atoms with E-state index in [1.54, 1.807) is 0 Å². The van der Waals surface area contributed by atoms with Crippen LogP contribution in [0, 0.1) is 46.3 Å². The van der Waals surface area contributed by atoms with Crippen molar-refractivity contribution in [1.29, 1.82) is 0 Å². The predicted molar refractivity (Wildman–Crippen MR) is 145 cm³/mol. The van der Waals surface area contributed by atoms with Crippen molar-refractivity contribution in [2.45, 2.75) is 102 Å². The molecule has 0 spiro atoms. The molecule has 4 saturated carbocycles. The fourth-order valence-corrected chi connectivity index (χ4v) is 10.4. The number of sulfonamides is 1. The zero-order chi connectivity index (χ0) is 28.0. The molecule has 1 heterocycles. The van der Waals surface area contributed by atoms with Crippen molar-refractivity contribution in [3.8, 4) is 0 Å². The van der Waals surface area contributed by atoms with Gasteiger partial charge >= 0.3 is 6.09 Å². The topological polar surface area (TPSA) is 139 Å². The molecule has 1 amide bonds. The summed E-state index contributed by atoms with van der Waals surface area (Å²) in [5, 5.41) is 21.9. The van der Waals surface area contributed by atoms with Gasteiger partial charge in [-0.2, -0.15) is 8.42 Å². The third-order valence-electron chi connectivity index (χ3n) is 11.5. The summed E-state index contributed by atoms with van der Waals surface area (Å²) in [5.74, 6) is 2.43. The molecule has 4 aliphatic rings. The van der Waals surface area contributed by atoms with Gasteiger partial charge in [0.25, 0.3) is 10.0 Å². The van der Waals surface area contributed by atoms with Gasteiger partial charge in [-0.15, -0.1) is 0 Å². The largest absolute Gasteiger partial charge is 0.449 e. The Labute approximate surface area is 232 Å². The monoisotopic (exact) mass is 563 g/mol. The van der Waals surface area contributed by atoms with E-state index < -0.39 is 16.1 Å². The molecule has 10 atom stereocenters. The van der Waals surface area contributed by atoms with Crippen LogP contribution in [-0.2, 0) is 14.8 Å². The highest BCUT2D eigenvalue weighted by Crippen LogP contribution is 2.69. The number of fused-ring (bicyclic) bond motifs is 5. The molecule has 4 aliphatic carbocycles. The number of hydrogen-bond donors (Lipinski definition) is 3. The number of aliphatic hydroxyl groups excluding tert-OH is 2. The average Bonchev–Trinajstić information content (AvgIpc) is 3.24. The molecular formula is C29H45N3O6S. The van der Waals surface area contributed by atoms with Gasteiger partial charge in [-0.05, 0) is 104 Å². The lowest BCUT2D eigenvalue weighted by Crippen LogP contribution is -2.62. The van der Waals surface area contributed by atoms with Crippen molar-refractivity contribution in [2.24, 2.45) is 46.3 Å². The molecule has 3 N–H and O–H groups in total. The Bertz CT molecular complexity index is 1140. The molecule has 39 heavy (non-hydrogen) atoms. The van der Waals surface area contributed by atoms with Crippen LogP contribution in [0.3, 0.4) is 0 Å². The summed E-state index contributed by atoms with van der Waals surface area (Å²) >= 11 is 0. The molecule has 5 rings (SSSR count). The summed E-state index contributed by atoms with van der Waals surface area (Å²) in [5.41, 5.74) is 0.339. The van der Waals surface area contributed by atoms with Crippen LogP contribution in [0.4, 0.5) is 4.79 Å². The number of nitrogens with zero attached hydrogens (tertiary/aromatic N) is 2.